The SMILES string of the molecule is CCOC(=O)[C@H]1CC[C@H](C(=O)Nc2cc(N)c(Br)cc2C(=O)NCc2ccc3c(c2)OCO3)CC1. The van der Waals surface area contributed by atoms with Gasteiger partial charge in [-0.15, -0.1) is 0 Å². The summed E-state index contributed by atoms with van der Waals surface area (Å²) < 4.78 is 16.4. The van der Waals surface area contributed by atoms with Crippen LogP contribution in [0, 0.1) is 11.8 Å². The van der Waals surface area contributed by atoms with E-state index in [1.54, 1.807) is 25.1 Å². The zero-order valence-corrected chi connectivity index (χ0v) is 21.0. The maximum Gasteiger partial charge on any atom is 0.308 e. The van der Waals surface area contributed by atoms with Gasteiger partial charge in [0.05, 0.1) is 23.8 Å². The first kappa shape index (κ1) is 24.8. The van der Waals surface area contributed by atoms with Gasteiger partial charge in [0.2, 0.25) is 12.7 Å². The van der Waals surface area contributed by atoms with Gasteiger partial charge in [0.15, 0.2) is 11.5 Å². The van der Waals surface area contributed by atoms with Crippen molar-refractivity contribution in [1.82, 2.24) is 5.32 Å². The molecule has 1 fully saturated rings. The molecule has 186 valence electrons. The van der Waals surface area contributed by atoms with E-state index in [2.05, 4.69) is 26.6 Å². The Kier molecular flexibility index (Phi) is 7.80. The van der Waals surface area contributed by atoms with Crippen molar-refractivity contribution in [3.8, 4) is 11.5 Å². The van der Waals surface area contributed by atoms with Crippen LogP contribution in [0.15, 0.2) is 34.8 Å². The van der Waals surface area contributed by atoms with Crippen molar-refractivity contribution in [3.63, 3.8) is 0 Å². The second-order valence-corrected chi connectivity index (χ2v) is 9.43. The van der Waals surface area contributed by atoms with Crippen LogP contribution in [-0.2, 0) is 20.9 Å². The van der Waals surface area contributed by atoms with Crippen molar-refractivity contribution < 1.29 is 28.6 Å². The number of nitrogen functional groups attached to an aromatic ring is 1. The highest BCUT2D eigenvalue weighted by Gasteiger charge is 2.31. The molecule has 0 saturated heterocycles. The summed E-state index contributed by atoms with van der Waals surface area (Å²) in [6.45, 7) is 2.58. The standard InChI is InChI=1S/C25H28BrN3O6/c1-2-33-25(32)16-6-4-15(5-7-16)23(30)29-20-11-19(27)18(26)10-17(20)24(31)28-12-14-3-8-21-22(9-14)35-13-34-21/h3,8-11,15-16H,2,4-7,12-13,27H2,1H3,(H,28,31)(H,29,30)/t15-,16-. The van der Waals surface area contributed by atoms with E-state index in [4.69, 9.17) is 19.9 Å². The lowest BCUT2D eigenvalue weighted by Gasteiger charge is -2.26. The summed E-state index contributed by atoms with van der Waals surface area (Å²) in [6.07, 6.45) is 2.35. The van der Waals surface area contributed by atoms with Gasteiger partial charge in [0, 0.05) is 22.6 Å². The van der Waals surface area contributed by atoms with Gasteiger partial charge >= 0.3 is 5.97 Å². The zero-order chi connectivity index (χ0) is 24.9. The minimum Gasteiger partial charge on any atom is -0.466 e. The maximum absolute atomic E-state index is 13.0. The number of benzene rings is 2. The highest BCUT2D eigenvalue weighted by molar-refractivity contribution is 9.10. The normalized spacial score (nSPS) is 18.6. The van der Waals surface area contributed by atoms with Crippen LogP contribution in [0.3, 0.4) is 0 Å². The molecule has 0 spiro atoms. The Hall–Kier alpha value is -3.27. The third-order valence-corrected chi connectivity index (χ3v) is 6.93. The van der Waals surface area contributed by atoms with E-state index < -0.39 is 0 Å². The van der Waals surface area contributed by atoms with Crippen molar-refractivity contribution in [2.45, 2.75) is 39.2 Å². The number of nitrogens with two attached hydrogens (primary N) is 1. The van der Waals surface area contributed by atoms with Gasteiger partial charge in [-0.25, -0.2) is 0 Å². The maximum atomic E-state index is 13.0. The Morgan fingerprint density at radius 3 is 2.51 bits per heavy atom. The molecule has 10 heteroatoms. The zero-order valence-electron chi connectivity index (χ0n) is 19.4. The van der Waals surface area contributed by atoms with Crippen LogP contribution in [0.2, 0.25) is 0 Å². The molecule has 9 nitrogen and oxygen atoms in total. The van der Waals surface area contributed by atoms with Gasteiger partial charge in [0.1, 0.15) is 0 Å². The molecule has 2 aromatic carbocycles. The molecular formula is C25H28BrN3O6. The number of esters is 1. The number of ether oxygens (including phenoxy) is 3. The molecule has 0 atom stereocenters. The van der Waals surface area contributed by atoms with E-state index in [0.717, 1.165) is 5.56 Å². The number of anilines is 2. The number of nitrogens with one attached hydrogen (secondary N) is 2. The average Bonchev–Trinajstić information content (AvgIpc) is 3.33. The molecule has 1 heterocycles. The van der Waals surface area contributed by atoms with Crippen LogP contribution in [0.5, 0.6) is 11.5 Å². The molecular weight excluding hydrogens is 518 g/mol. The third-order valence-electron chi connectivity index (χ3n) is 6.25. The van der Waals surface area contributed by atoms with Crippen molar-refractivity contribution in [2.75, 3.05) is 24.5 Å². The molecule has 0 unspecified atom stereocenters. The first-order valence-electron chi connectivity index (χ1n) is 11.6. The fourth-order valence-corrected chi connectivity index (χ4v) is 4.64. The van der Waals surface area contributed by atoms with Gasteiger partial charge in [-0.2, -0.15) is 0 Å². The lowest BCUT2D eigenvalue weighted by Crippen LogP contribution is -2.31. The number of amides is 2. The molecule has 2 aliphatic rings. The Labute approximate surface area is 211 Å². The first-order valence-corrected chi connectivity index (χ1v) is 12.4. The quantitative estimate of drug-likeness (QED) is 0.354. The molecule has 2 aromatic rings. The van der Waals surface area contributed by atoms with Crippen LogP contribution < -0.4 is 25.8 Å². The van der Waals surface area contributed by atoms with E-state index in [-0.39, 0.29) is 43.0 Å². The molecule has 2 amide bonds. The molecule has 4 N–H and O–H groups in total. The van der Waals surface area contributed by atoms with E-state index in [1.165, 1.54) is 0 Å². The second-order valence-electron chi connectivity index (χ2n) is 8.58. The molecule has 1 saturated carbocycles. The van der Waals surface area contributed by atoms with E-state index in [1.807, 2.05) is 12.1 Å². The number of carbonyl (C=O) groups excluding carboxylic acids is 3. The Morgan fingerprint density at radius 1 is 1.06 bits per heavy atom. The number of hydrogen-bond acceptors (Lipinski definition) is 7. The molecule has 35 heavy (non-hydrogen) atoms. The van der Waals surface area contributed by atoms with E-state index in [9.17, 15) is 14.4 Å². The highest BCUT2D eigenvalue weighted by atomic mass is 79.9. The van der Waals surface area contributed by atoms with Crippen LogP contribution >= 0.6 is 15.9 Å². The first-order chi connectivity index (χ1) is 16.9. The van der Waals surface area contributed by atoms with Crippen LogP contribution in [0.25, 0.3) is 0 Å². The number of halogens is 1. The molecule has 4 rings (SSSR count). The predicted molar refractivity (Wildman–Crippen MR) is 133 cm³/mol. The summed E-state index contributed by atoms with van der Waals surface area (Å²) in [5.74, 6) is 0.133. The Morgan fingerprint density at radius 2 is 1.77 bits per heavy atom. The predicted octanol–water partition coefficient (Wildman–Crippen LogP) is 4.00. The summed E-state index contributed by atoms with van der Waals surface area (Å²) in [7, 11) is 0. The van der Waals surface area contributed by atoms with Gasteiger partial charge < -0.3 is 30.6 Å². The molecule has 0 radical (unpaired) electrons. The van der Waals surface area contributed by atoms with Crippen molar-refractivity contribution in [1.29, 1.82) is 0 Å². The minimum absolute atomic E-state index is 0.167. The molecule has 1 aliphatic heterocycles. The van der Waals surface area contributed by atoms with Gasteiger partial charge in [-0.3, -0.25) is 14.4 Å². The third kappa shape index (κ3) is 5.87. The van der Waals surface area contributed by atoms with Crippen LogP contribution in [-0.4, -0.2) is 31.2 Å². The molecule has 0 bridgehead atoms. The van der Waals surface area contributed by atoms with Crippen molar-refractivity contribution in [3.05, 3.63) is 45.9 Å². The topological polar surface area (TPSA) is 129 Å². The van der Waals surface area contributed by atoms with Crippen LogP contribution in [0.4, 0.5) is 11.4 Å². The number of fused-ring (bicyclic) bond motifs is 1. The van der Waals surface area contributed by atoms with Gasteiger partial charge in [-0.05, 0) is 78.4 Å². The summed E-state index contributed by atoms with van der Waals surface area (Å²) in [5.41, 5.74) is 7.91. The largest absolute Gasteiger partial charge is 0.466 e. The lowest BCUT2D eigenvalue weighted by molar-refractivity contribution is -0.150. The molecule has 0 aromatic heterocycles. The van der Waals surface area contributed by atoms with Gasteiger partial charge in [-0.1, -0.05) is 6.07 Å². The Bertz CT molecular complexity index is 1130. The summed E-state index contributed by atoms with van der Waals surface area (Å²) in [6, 6.07) is 8.63. The van der Waals surface area contributed by atoms with Crippen molar-refractivity contribution in [2.24, 2.45) is 11.8 Å². The molecule has 1 aliphatic carbocycles. The smallest absolute Gasteiger partial charge is 0.308 e. The van der Waals surface area contributed by atoms with Crippen molar-refractivity contribution >= 4 is 45.1 Å². The fourth-order valence-electron chi connectivity index (χ4n) is 4.30. The van der Waals surface area contributed by atoms with Crippen LogP contribution in [0.1, 0.15) is 48.5 Å². The Balaban J connectivity index is 1.41. The van der Waals surface area contributed by atoms with E-state index in [0.29, 0.717) is 65.2 Å². The lowest BCUT2D eigenvalue weighted by atomic mass is 9.81. The second kappa shape index (κ2) is 11.0. The number of hydrogen-bond donors (Lipinski definition) is 3. The number of rotatable bonds is 7. The monoisotopic (exact) mass is 545 g/mol. The van der Waals surface area contributed by atoms with Gasteiger partial charge in [0.25, 0.3) is 5.91 Å². The van der Waals surface area contributed by atoms with E-state index >= 15 is 0 Å². The minimum atomic E-state index is -0.357. The summed E-state index contributed by atoms with van der Waals surface area (Å²) >= 11 is 3.36. The fraction of sp³-hybridized carbons (Fsp3) is 0.400. The highest BCUT2D eigenvalue weighted by Crippen LogP contribution is 2.34. The summed E-state index contributed by atoms with van der Waals surface area (Å²) in [4.78, 5) is 38.0. The summed E-state index contributed by atoms with van der Waals surface area (Å²) in [5, 5.41) is 5.75. The number of carbonyl (C=O) groups is 3. The average molecular weight is 546 g/mol.